The third kappa shape index (κ3) is 7.84. The van der Waals surface area contributed by atoms with Crippen LogP contribution in [0.4, 0.5) is 0 Å². The Balaban J connectivity index is 2.19. The normalized spacial score (nSPS) is 21.2. The highest BCUT2D eigenvalue weighted by Crippen LogP contribution is 2.34. The fourth-order valence-electron chi connectivity index (χ4n) is 4.26. The highest BCUT2D eigenvalue weighted by molar-refractivity contribution is 5.05. The van der Waals surface area contributed by atoms with Crippen LogP contribution in [0.5, 0.6) is 0 Å². The summed E-state index contributed by atoms with van der Waals surface area (Å²) in [5.74, 6) is 2.80. The van der Waals surface area contributed by atoms with Gasteiger partial charge >= 0.3 is 0 Å². The number of hydrogen-bond donors (Lipinski definition) is 0. The van der Waals surface area contributed by atoms with E-state index < -0.39 is 0 Å². The van der Waals surface area contributed by atoms with Crippen LogP contribution in [0, 0.1) is 17.8 Å². The summed E-state index contributed by atoms with van der Waals surface area (Å²) in [4.78, 5) is 0. The molecule has 1 fully saturated rings. The van der Waals surface area contributed by atoms with Crippen LogP contribution in [0.3, 0.4) is 0 Å². The molecule has 0 aliphatic heterocycles. The fourth-order valence-corrected chi connectivity index (χ4v) is 4.26. The van der Waals surface area contributed by atoms with Gasteiger partial charge in [-0.15, -0.1) is 0 Å². The highest BCUT2D eigenvalue weighted by atomic mass is 14.2. The lowest BCUT2D eigenvalue weighted by molar-refractivity contribution is 0.276. The van der Waals surface area contributed by atoms with Crippen molar-refractivity contribution in [2.24, 2.45) is 17.8 Å². The predicted molar refractivity (Wildman–Crippen MR) is 101 cm³/mol. The second-order valence-electron chi connectivity index (χ2n) is 7.91. The molecule has 0 saturated heterocycles. The van der Waals surface area contributed by atoms with Gasteiger partial charge in [0, 0.05) is 0 Å². The predicted octanol–water partition coefficient (Wildman–Crippen LogP) is 7.93. The van der Waals surface area contributed by atoms with Gasteiger partial charge in [-0.2, -0.15) is 0 Å². The van der Waals surface area contributed by atoms with Gasteiger partial charge in [0.2, 0.25) is 0 Å². The van der Waals surface area contributed by atoms with Gasteiger partial charge in [-0.25, -0.2) is 0 Å². The maximum atomic E-state index is 4.25. The van der Waals surface area contributed by atoms with Crippen molar-refractivity contribution in [3.8, 4) is 0 Å². The molecule has 0 heteroatoms. The van der Waals surface area contributed by atoms with Crippen LogP contribution >= 0.6 is 0 Å². The number of unbranched alkanes of at least 4 members (excludes halogenated alkanes) is 4. The Morgan fingerprint density at radius 1 is 0.955 bits per heavy atom. The topological polar surface area (TPSA) is 0 Å². The van der Waals surface area contributed by atoms with Gasteiger partial charge in [0.1, 0.15) is 0 Å². The monoisotopic (exact) mass is 306 g/mol. The van der Waals surface area contributed by atoms with E-state index in [0.717, 1.165) is 17.8 Å². The zero-order chi connectivity index (χ0) is 16.2. The van der Waals surface area contributed by atoms with Crippen LogP contribution in [-0.4, -0.2) is 0 Å². The number of rotatable bonds is 13. The van der Waals surface area contributed by atoms with E-state index in [1.54, 1.807) is 5.57 Å². The molecule has 1 saturated carbocycles. The van der Waals surface area contributed by atoms with Gasteiger partial charge in [0.05, 0.1) is 0 Å². The lowest BCUT2D eigenvalue weighted by atomic mass is 9.82. The smallest absolute Gasteiger partial charge is 0.0206 e. The van der Waals surface area contributed by atoms with Crippen LogP contribution in [0.1, 0.15) is 111 Å². The summed E-state index contributed by atoms with van der Waals surface area (Å²) in [5, 5.41) is 0. The van der Waals surface area contributed by atoms with E-state index in [-0.39, 0.29) is 0 Å². The summed E-state index contributed by atoms with van der Waals surface area (Å²) in [6.07, 6.45) is 19.9. The molecule has 0 N–H and O–H groups in total. The Bertz CT molecular complexity index is 278. The van der Waals surface area contributed by atoms with E-state index in [1.165, 1.54) is 89.9 Å². The Morgan fingerprint density at radius 2 is 1.64 bits per heavy atom. The van der Waals surface area contributed by atoms with Gasteiger partial charge in [0.25, 0.3) is 0 Å². The van der Waals surface area contributed by atoms with Crippen molar-refractivity contribution in [1.29, 1.82) is 0 Å². The summed E-state index contributed by atoms with van der Waals surface area (Å²) in [6, 6.07) is 0. The second kappa shape index (κ2) is 12.2. The molecule has 22 heavy (non-hydrogen) atoms. The summed E-state index contributed by atoms with van der Waals surface area (Å²) in [7, 11) is 0. The standard InChI is InChI=1S/C22H42/c1-5-7-9-16-21(15-8-6-2)19(3)13-10-11-17-22-18-12-14-20(22)4/h19,21-22H,4-18H2,1-3H3. The first kappa shape index (κ1) is 19.8. The molecule has 0 bridgehead atoms. The summed E-state index contributed by atoms with van der Waals surface area (Å²) in [6.45, 7) is 11.4. The summed E-state index contributed by atoms with van der Waals surface area (Å²) >= 11 is 0. The van der Waals surface area contributed by atoms with Crippen LogP contribution in [-0.2, 0) is 0 Å². The molecule has 3 unspecified atom stereocenters. The van der Waals surface area contributed by atoms with Gasteiger partial charge in [0.15, 0.2) is 0 Å². The quantitative estimate of drug-likeness (QED) is 0.239. The molecule has 130 valence electrons. The summed E-state index contributed by atoms with van der Waals surface area (Å²) in [5.41, 5.74) is 1.55. The molecule has 0 aromatic carbocycles. The highest BCUT2D eigenvalue weighted by Gasteiger charge is 2.19. The van der Waals surface area contributed by atoms with Crippen LogP contribution < -0.4 is 0 Å². The minimum atomic E-state index is 0.871. The van der Waals surface area contributed by atoms with Gasteiger partial charge in [-0.1, -0.05) is 97.1 Å². The van der Waals surface area contributed by atoms with Crippen LogP contribution in [0.25, 0.3) is 0 Å². The maximum absolute atomic E-state index is 4.25. The van der Waals surface area contributed by atoms with E-state index in [2.05, 4.69) is 27.4 Å². The first-order valence-electron chi connectivity index (χ1n) is 10.4. The van der Waals surface area contributed by atoms with Crippen LogP contribution in [0.2, 0.25) is 0 Å². The Kier molecular flexibility index (Phi) is 11.0. The molecule has 1 aliphatic rings. The van der Waals surface area contributed by atoms with Gasteiger partial charge in [-0.3, -0.25) is 0 Å². The molecule has 0 nitrogen and oxygen atoms in total. The molecule has 0 amide bonds. The zero-order valence-corrected chi connectivity index (χ0v) is 15.8. The molecule has 0 spiro atoms. The molecule has 0 heterocycles. The zero-order valence-electron chi connectivity index (χ0n) is 15.8. The minimum absolute atomic E-state index is 0.871. The van der Waals surface area contributed by atoms with Gasteiger partial charge in [-0.05, 0) is 43.4 Å². The maximum Gasteiger partial charge on any atom is -0.0206 e. The largest absolute Gasteiger partial charge is 0.0996 e. The molecule has 1 aliphatic carbocycles. The van der Waals surface area contributed by atoms with E-state index in [0.29, 0.717) is 0 Å². The number of allylic oxidation sites excluding steroid dienone is 1. The molecule has 1 rings (SSSR count). The molecule has 0 aromatic heterocycles. The fraction of sp³-hybridized carbons (Fsp3) is 0.909. The molecular formula is C22H42. The number of hydrogen-bond acceptors (Lipinski definition) is 0. The van der Waals surface area contributed by atoms with Crippen molar-refractivity contribution < 1.29 is 0 Å². The molecule has 0 aromatic rings. The van der Waals surface area contributed by atoms with Crippen molar-refractivity contribution in [3.05, 3.63) is 12.2 Å². The van der Waals surface area contributed by atoms with Crippen LogP contribution in [0.15, 0.2) is 12.2 Å². The average molecular weight is 307 g/mol. The average Bonchev–Trinajstić information content (AvgIpc) is 2.92. The Labute approximate surface area is 141 Å². The first-order valence-corrected chi connectivity index (χ1v) is 10.4. The summed E-state index contributed by atoms with van der Waals surface area (Å²) < 4.78 is 0. The Hall–Kier alpha value is -0.260. The second-order valence-corrected chi connectivity index (χ2v) is 7.91. The third-order valence-electron chi connectivity index (χ3n) is 6.00. The van der Waals surface area contributed by atoms with Crippen molar-refractivity contribution in [2.75, 3.05) is 0 Å². The van der Waals surface area contributed by atoms with Crippen molar-refractivity contribution in [3.63, 3.8) is 0 Å². The minimum Gasteiger partial charge on any atom is -0.0996 e. The van der Waals surface area contributed by atoms with E-state index in [9.17, 15) is 0 Å². The lowest BCUT2D eigenvalue weighted by Crippen LogP contribution is -2.12. The molecule has 0 radical (unpaired) electrons. The molecular weight excluding hydrogens is 264 g/mol. The first-order chi connectivity index (χ1) is 10.7. The molecule has 3 atom stereocenters. The van der Waals surface area contributed by atoms with Crippen molar-refractivity contribution in [2.45, 2.75) is 111 Å². The Morgan fingerprint density at radius 3 is 2.27 bits per heavy atom. The van der Waals surface area contributed by atoms with E-state index in [1.807, 2.05) is 0 Å². The van der Waals surface area contributed by atoms with E-state index in [4.69, 9.17) is 0 Å². The lowest BCUT2D eigenvalue weighted by Gasteiger charge is -2.24. The van der Waals surface area contributed by atoms with Gasteiger partial charge < -0.3 is 0 Å². The van der Waals surface area contributed by atoms with Crippen molar-refractivity contribution >= 4 is 0 Å². The van der Waals surface area contributed by atoms with Crippen molar-refractivity contribution in [1.82, 2.24) is 0 Å². The van der Waals surface area contributed by atoms with E-state index >= 15 is 0 Å². The SMILES string of the molecule is C=C1CCCC1CCCCC(C)C(CCCC)CCCCC. The third-order valence-corrected chi connectivity index (χ3v) is 6.00.